The number of rotatable bonds is 7. The Labute approximate surface area is 182 Å². The van der Waals surface area contributed by atoms with E-state index >= 15 is 0 Å². The fourth-order valence-electron chi connectivity index (χ4n) is 3.96. The van der Waals surface area contributed by atoms with E-state index in [4.69, 9.17) is 9.47 Å². The molecule has 2 atom stereocenters. The van der Waals surface area contributed by atoms with Crippen LogP contribution in [0.25, 0.3) is 0 Å². The first kappa shape index (κ1) is 22.7. The molecule has 6 nitrogen and oxygen atoms in total. The van der Waals surface area contributed by atoms with Gasteiger partial charge in [0.25, 0.3) is 5.91 Å². The summed E-state index contributed by atoms with van der Waals surface area (Å²) < 4.78 is 24.1. The third-order valence-electron chi connectivity index (χ3n) is 5.65. The van der Waals surface area contributed by atoms with E-state index in [9.17, 15) is 14.0 Å². The highest BCUT2D eigenvalue weighted by Gasteiger charge is 2.32. The van der Waals surface area contributed by atoms with Gasteiger partial charge in [-0.25, -0.2) is 4.39 Å². The highest BCUT2D eigenvalue weighted by molar-refractivity contribution is 5.99. The molecule has 3 rings (SSSR count). The quantitative estimate of drug-likeness (QED) is 0.632. The van der Waals surface area contributed by atoms with E-state index < -0.39 is 0 Å². The average Bonchev–Trinajstić information content (AvgIpc) is 2.75. The van der Waals surface area contributed by atoms with Crippen molar-refractivity contribution in [1.82, 2.24) is 9.80 Å². The Balaban J connectivity index is 1.62. The zero-order valence-corrected chi connectivity index (χ0v) is 18.4. The van der Waals surface area contributed by atoms with Crippen molar-refractivity contribution in [3.63, 3.8) is 0 Å². The Hall–Kier alpha value is -2.93. The van der Waals surface area contributed by atoms with E-state index in [0.29, 0.717) is 36.7 Å². The molecule has 1 aliphatic heterocycles. The van der Waals surface area contributed by atoms with Crippen molar-refractivity contribution < 1.29 is 23.5 Å². The lowest BCUT2D eigenvalue weighted by Gasteiger charge is -2.44. The third-order valence-corrected chi connectivity index (χ3v) is 5.65. The van der Waals surface area contributed by atoms with Crippen LogP contribution in [0, 0.1) is 5.82 Å². The third kappa shape index (κ3) is 5.41. The van der Waals surface area contributed by atoms with Crippen LogP contribution >= 0.6 is 0 Å². The number of amides is 1. The summed E-state index contributed by atoms with van der Waals surface area (Å²) in [5.74, 6) is 0.212. The molecule has 1 amide bonds. The predicted molar refractivity (Wildman–Crippen MR) is 116 cm³/mol. The van der Waals surface area contributed by atoms with E-state index in [1.807, 2.05) is 11.8 Å². The molecule has 0 radical (unpaired) electrons. The van der Waals surface area contributed by atoms with Gasteiger partial charge in [-0.3, -0.25) is 14.5 Å². The van der Waals surface area contributed by atoms with Crippen molar-refractivity contribution in [3.8, 4) is 11.5 Å². The van der Waals surface area contributed by atoms with Crippen molar-refractivity contribution in [1.29, 1.82) is 0 Å². The van der Waals surface area contributed by atoms with Crippen LogP contribution in [0.2, 0.25) is 0 Å². The van der Waals surface area contributed by atoms with Crippen LogP contribution < -0.4 is 9.47 Å². The molecule has 31 heavy (non-hydrogen) atoms. The number of carbonyl (C=O) groups is 2. The molecular formula is C24H29FN2O4. The summed E-state index contributed by atoms with van der Waals surface area (Å²) in [7, 11) is 1.49. The summed E-state index contributed by atoms with van der Waals surface area (Å²) >= 11 is 0. The summed E-state index contributed by atoms with van der Waals surface area (Å²) in [6.07, 6.45) is 0. The van der Waals surface area contributed by atoms with Crippen LogP contribution in [0.4, 0.5) is 4.39 Å². The highest BCUT2D eigenvalue weighted by atomic mass is 19.1. The first-order valence-electron chi connectivity index (χ1n) is 10.4. The number of nitrogens with zero attached hydrogens (tertiary/aromatic N) is 2. The van der Waals surface area contributed by atoms with Crippen LogP contribution in [0.3, 0.4) is 0 Å². The second-order valence-electron chi connectivity index (χ2n) is 7.98. The Morgan fingerprint density at radius 2 is 1.71 bits per heavy atom. The summed E-state index contributed by atoms with van der Waals surface area (Å²) in [6, 6.07) is 11.7. The van der Waals surface area contributed by atoms with Crippen molar-refractivity contribution in [3.05, 3.63) is 59.4 Å². The summed E-state index contributed by atoms with van der Waals surface area (Å²) in [5, 5.41) is 0. The minimum absolute atomic E-state index is 0.00494. The van der Waals surface area contributed by atoms with Crippen molar-refractivity contribution in [2.75, 3.05) is 26.8 Å². The Morgan fingerprint density at radius 3 is 2.35 bits per heavy atom. The number of ketones is 1. The molecule has 166 valence electrons. The number of ether oxygens (including phenoxy) is 2. The Morgan fingerprint density at radius 1 is 1.03 bits per heavy atom. The largest absolute Gasteiger partial charge is 0.496 e. The van der Waals surface area contributed by atoms with Gasteiger partial charge in [-0.2, -0.15) is 0 Å². The standard InChI is InChI=1S/C24H29FN2O4/c1-16-13-27(17(2)12-26(16)14-19-8-10-20(25)11-9-19)23(29)15-31-22-7-5-6-21(30-4)24(22)18(3)28/h5-11,16-17H,12-15H2,1-4H3. The first-order chi connectivity index (χ1) is 14.8. The van der Waals surface area contributed by atoms with Crippen LogP contribution in [0.5, 0.6) is 11.5 Å². The number of halogens is 1. The van der Waals surface area contributed by atoms with Gasteiger partial charge < -0.3 is 14.4 Å². The fourth-order valence-corrected chi connectivity index (χ4v) is 3.96. The Bertz CT molecular complexity index is 932. The number of piperazine rings is 1. The van der Waals surface area contributed by atoms with Gasteiger partial charge in [0, 0.05) is 31.7 Å². The van der Waals surface area contributed by atoms with Crippen LogP contribution in [-0.2, 0) is 11.3 Å². The Kier molecular flexibility index (Phi) is 7.28. The molecule has 2 unspecified atom stereocenters. The number of methoxy groups -OCH3 is 1. The van der Waals surface area contributed by atoms with Crippen molar-refractivity contribution in [2.24, 2.45) is 0 Å². The van der Waals surface area contributed by atoms with E-state index in [2.05, 4.69) is 11.8 Å². The van der Waals surface area contributed by atoms with E-state index in [0.717, 1.165) is 5.56 Å². The minimum atomic E-state index is -0.246. The molecule has 1 fully saturated rings. The van der Waals surface area contributed by atoms with E-state index in [-0.39, 0.29) is 36.2 Å². The number of hydrogen-bond donors (Lipinski definition) is 0. The van der Waals surface area contributed by atoms with Gasteiger partial charge in [0.2, 0.25) is 0 Å². The first-order valence-corrected chi connectivity index (χ1v) is 10.4. The smallest absolute Gasteiger partial charge is 0.260 e. The molecule has 0 bridgehead atoms. The molecule has 2 aromatic rings. The van der Waals surface area contributed by atoms with E-state index in [1.54, 1.807) is 30.3 Å². The summed E-state index contributed by atoms with van der Waals surface area (Å²) in [6.45, 7) is 7.36. The normalized spacial score (nSPS) is 19.2. The van der Waals surface area contributed by atoms with Gasteiger partial charge in [0.05, 0.1) is 7.11 Å². The molecule has 0 spiro atoms. The maximum atomic E-state index is 13.2. The monoisotopic (exact) mass is 428 g/mol. The van der Waals surface area contributed by atoms with Crippen molar-refractivity contribution >= 4 is 11.7 Å². The molecular weight excluding hydrogens is 399 g/mol. The zero-order valence-electron chi connectivity index (χ0n) is 18.4. The SMILES string of the molecule is COc1cccc(OCC(=O)N2CC(C)N(Cc3ccc(F)cc3)CC2C)c1C(C)=O. The average molecular weight is 429 g/mol. The number of carbonyl (C=O) groups excluding carboxylic acids is 2. The van der Waals surface area contributed by atoms with Gasteiger partial charge in [-0.1, -0.05) is 18.2 Å². The van der Waals surface area contributed by atoms with Gasteiger partial charge in [-0.05, 0) is 50.6 Å². The highest BCUT2D eigenvalue weighted by Crippen LogP contribution is 2.29. The molecule has 0 aliphatic carbocycles. The van der Waals surface area contributed by atoms with Crippen LogP contribution in [0.15, 0.2) is 42.5 Å². The number of Topliss-reactive ketones (excluding diaryl/α,β-unsaturated/α-hetero) is 1. The van der Waals surface area contributed by atoms with Gasteiger partial charge in [0.1, 0.15) is 22.9 Å². The molecule has 0 aromatic heterocycles. The van der Waals surface area contributed by atoms with Crippen molar-refractivity contribution in [2.45, 2.75) is 39.4 Å². The molecule has 2 aromatic carbocycles. The lowest BCUT2D eigenvalue weighted by molar-refractivity contribution is -0.139. The molecule has 7 heteroatoms. The van der Waals surface area contributed by atoms with Gasteiger partial charge >= 0.3 is 0 Å². The fraction of sp³-hybridized carbons (Fsp3) is 0.417. The van der Waals surface area contributed by atoms with Crippen LogP contribution in [0.1, 0.15) is 36.7 Å². The topological polar surface area (TPSA) is 59.1 Å². The molecule has 1 heterocycles. The maximum absolute atomic E-state index is 13.2. The lowest BCUT2D eigenvalue weighted by Crippen LogP contribution is -2.58. The van der Waals surface area contributed by atoms with Gasteiger partial charge in [-0.15, -0.1) is 0 Å². The predicted octanol–water partition coefficient (Wildman–Crippen LogP) is 3.54. The zero-order chi connectivity index (χ0) is 22.5. The molecule has 0 N–H and O–H groups in total. The second-order valence-corrected chi connectivity index (χ2v) is 7.98. The van der Waals surface area contributed by atoms with Crippen LogP contribution in [-0.4, -0.2) is 60.4 Å². The molecule has 1 aliphatic rings. The summed E-state index contributed by atoms with van der Waals surface area (Å²) in [5.41, 5.74) is 1.38. The molecule has 0 saturated carbocycles. The minimum Gasteiger partial charge on any atom is -0.496 e. The lowest BCUT2D eigenvalue weighted by atomic mass is 10.1. The number of benzene rings is 2. The number of hydrogen-bond acceptors (Lipinski definition) is 5. The maximum Gasteiger partial charge on any atom is 0.260 e. The van der Waals surface area contributed by atoms with E-state index in [1.165, 1.54) is 26.2 Å². The molecule has 1 saturated heterocycles. The summed E-state index contributed by atoms with van der Waals surface area (Å²) in [4.78, 5) is 29.0. The second kappa shape index (κ2) is 9.92. The van der Waals surface area contributed by atoms with Gasteiger partial charge in [0.15, 0.2) is 12.4 Å².